The molecule has 2 aromatic rings. The van der Waals surface area contributed by atoms with Crippen molar-refractivity contribution >= 4 is 17.7 Å². The van der Waals surface area contributed by atoms with Crippen molar-refractivity contribution in [3.8, 4) is 11.5 Å². The monoisotopic (exact) mass is 397 g/mol. The predicted molar refractivity (Wildman–Crippen MR) is 105 cm³/mol. The lowest BCUT2D eigenvalue weighted by atomic mass is 10.0. The first-order valence-electron chi connectivity index (χ1n) is 9.39. The maximum atomic E-state index is 12.1. The first kappa shape index (κ1) is 20.4. The van der Waals surface area contributed by atoms with Gasteiger partial charge in [0.1, 0.15) is 13.2 Å². The van der Waals surface area contributed by atoms with Crippen LogP contribution in [0.3, 0.4) is 0 Å². The van der Waals surface area contributed by atoms with Gasteiger partial charge >= 0.3 is 5.97 Å². The van der Waals surface area contributed by atoms with Gasteiger partial charge in [-0.15, -0.1) is 0 Å². The zero-order valence-corrected chi connectivity index (χ0v) is 16.2. The van der Waals surface area contributed by atoms with Crippen LogP contribution < -0.4 is 14.8 Å². The van der Waals surface area contributed by atoms with E-state index in [2.05, 4.69) is 5.32 Å². The van der Waals surface area contributed by atoms with Gasteiger partial charge in [0.25, 0.3) is 5.91 Å². The number of amides is 1. The number of nitrogens with one attached hydrogen (secondary N) is 1. The molecule has 1 amide bonds. The fraction of sp³-hybridized carbons (Fsp3) is 0.318. The Morgan fingerprint density at radius 2 is 1.72 bits per heavy atom. The second kappa shape index (κ2) is 9.73. The second-order valence-corrected chi connectivity index (χ2v) is 6.74. The van der Waals surface area contributed by atoms with Gasteiger partial charge in [-0.1, -0.05) is 36.4 Å². The molecule has 2 aromatic carbocycles. The number of hydrogen-bond donors (Lipinski definition) is 1. The number of benzene rings is 2. The Kier molecular flexibility index (Phi) is 6.84. The molecule has 0 saturated heterocycles. The van der Waals surface area contributed by atoms with Crippen LogP contribution in [-0.2, 0) is 32.0 Å². The number of ketones is 1. The van der Waals surface area contributed by atoms with E-state index < -0.39 is 24.5 Å². The molecule has 29 heavy (non-hydrogen) atoms. The highest BCUT2D eigenvalue weighted by Gasteiger charge is 2.19. The smallest absolute Gasteiger partial charge is 0.310 e. The molecule has 1 N–H and O–H groups in total. The van der Waals surface area contributed by atoms with E-state index in [0.29, 0.717) is 36.7 Å². The molecule has 7 heteroatoms. The van der Waals surface area contributed by atoms with Gasteiger partial charge in [-0.25, -0.2) is 0 Å². The summed E-state index contributed by atoms with van der Waals surface area (Å²) in [5, 5.41) is 2.62. The Morgan fingerprint density at radius 3 is 2.45 bits per heavy atom. The number of carbonyl (C=O) groups excluding carboxylic acids is 3. The third kappa shape index (κ3) is 6.07. The highest BCUT2D eigenvalue weighted by Crippen LogP contribution is 2.30. The van der Waals surface area contributed by atoms with Crippen LogP contribution in [0.25, 0.3) is 0 Å². The summed E-state index contributed by atoms with van der Waals surface area (Å²) in [6.45, 7) is 1.93. The highest BCUT2D eigenvalue weighted by atomic mass is 16.6. The summed E-state index contributed by atoms with van der Waals surface area (Å²) in [6.07, 6.45) is 0.386. The van der Waals surface area contributed by atoms with Crippen molar-refractivity contribution in [2.24, 2.45) is 0 Å². The van der Waals surface area contributed by atoms with E-state index in [1.165, 1.54) is 6.92 Å². The first-order chi connectivity index (χ1) is 14.0. The zero-order valence-electron chi connectivity index (χ0n) is 16.2. The number of Topliss-reactive ketones (excluding diaryl/α,β-unsaturated/α-hetero) is 1. The maximum Gasteiger partial charge on any atom is 0.310 e. The number of rotatable bonds is 8. The number of carbonyl (C=O) groups is 3. The molecule has 3 rings (SSSR count). The molecular formula is C22H23NO6. The molecule has 152 valence electrons. The molecular weight excluding hydrogens is 374 g/mol. The van der Waals surface area contributed by atoms with Crippen molar-refractivity contribution in [3.05, 3.63) is 59.7 Å². The van der Waals surface area contributed by atoms with Crippen LogP contribution in [0.4, 0.5) is 0 Å². The summed E-state index contributed by atoms with van der Waals surface area (Å²) in [5.41, 5.74) is 1.63. The largest absolute Gasteiger partial charge is 0.486 e. The molecule has 0 bridgehead atoms. The van der Waals surface area contributed by atoms with Crippen molar-refractivity contribution in [3.63, 3.8) is 0 Å². The lowest BCUT2D eigenvalue weighted by Crippen LogP contribution is -2.43. The molecule has 1 aliphatic rings. The van der Waals surface area contributed by atoms with Crippen LogP contribution in [0, 0.1) is 0 Å². The molecule has 0 spiro atoms. The molecule has 0 saturated carbocycles. The Hall–Kier alpha value is -3.35. The summed E-state index contributed by atoms with van der Waals surface area (Å²) in [5.74, 6) is 0.00617. The average Bonchev–Trinajstić information content (AvgIpc) is 2.72. The molecule has 1 heterocycles. The van der Waals surface area contributed by atoms with Gasteiger partial charge in [-0.05, 0) is 36.6 Å². The topological polar surface area (TPSA) is 90.9 Å². The number of fused-ring (bicyclic) bond motifs is 1. The molecule has 7 nitrogen and oxygen atoms in total. The summed E-state index contributed by atoms with van der Waals surface area (Å²) >= 11 is 0. The fourth-order valence-corrected chi connectivity index (χ4v) is 2.94. The second-order valence-electron chi connectivity index (χ2n) is 6.74. The van der Waals surface area contributed by atoms with Crippen molar-refractivity contribution in [1.29, 1.82) is 0 Å². The molecule has 0 aromatic heterocycles. The van der Waals surface area contributed by atoms with Gasteiger partial charge < -0.3 is 19.5 Å². The highest BCUT2D eigenvalue weighted by molar-refractivity contribution is 5.89. The van der Waals surface area contributed by atoms with Gasteiger partial charge in [-0.3, -0.25) is 14.4 Å². The van der Waals surface area contributed by atoms with Gasteiger partial charge in [-0.2, -0.15) is 0 Å². The third-order valence-electron chi connectivity index (χ3n) is 4.43. The van der Waals surface area contributed by atoms with Crippen LogP contribution in [-0.4, -0.2) is 43.5 Å². The van der Waals surface area contributed by atoms with Crippen LogP contribution in [0.2, 0.25) is 0 Å². The van der Waals surface area contributed by atoms with E-state index >= 15 is 0 Å². The maximum absolute atomic E-state index is 12.1. The van der Waals surface area contributed by atoms with E-state index in [9.17, 15) is 14.4 Å². The lowest BCUT2D eigenvalue weighted by molar-refractivity contribution is -0.148. The average molecular weight is 397 g/mol. The Morgan fingerprint density at radius 1 is 1.00 bits per heavy atom. The number of esters is 1. The predicted octanol–water partition coefficient (Wildman–Crippen LogP) is 1.86. The van der Waals surface area contributed by atoms with E-state index in [4.69, 9.17) is 14.2 Å². The third-order valence-corrected chi connectivity index (χ3v) is 4.43. The summed E-state index contributed by atoms with van der Waals surface area (Å²) in [7, 11) is 0. The molecule has 1 atom stereocenters. The van der Waals surface area contributed by atoms with Crippen molar-refractivity contribution in [2.45, 2.75) is 25.8 Å². The standard InChI is InChI=1S/C22H23NO6/c1-15(24)18(11-16-5-3-2-4-6-16)23-21(25)14-29-22(26)13-17-7-8-19-20(12-17)28-10-9-27-19/h2-8,12,18H,9-11,13-14H2,1H3,(H,23,25)/t18-/m1/s1. The van der Waals surface area contributed by atoms with E-state index in [0.717, 1.165) is 5.56 Å². The SMILES string of the molecule is CC(=O)[C@@H](Cc1ccccc1)NC(=O)COC(=O)Cc1ccc2c(c1)OCCO2. The van der Waals surface area contributed by atoms with E-state index in [-0.39, 0.29) is 12.2 Å². The van der Waals surface area contributed by atoms with E-state index in [1.807, 2.05) is 30.3 Å². The van der Waals surface area contributed by atoms with Gasteiger partial charge in [0, 0.05) is 0 Å². The molecule has 1 aliphatic heterocycles. The van der Waals surface area contributed by atoms with Crippen LogP contribution >= 0.6 is 0 Å². The number of ether oxygens (including phenoxy) is 3. The van der Waals surface area contributed by atoms with Gasteiger partial charge in [0.2, 0.25) is 0 Å². The molecule has 0 unspecified atom stereocenters. The van der Waals surface area contributed by atoms with Gasteiger partial charge in [0.15, 0.2) is 23.9 Å². The normalized spacial score (nSPS) is 13.3. The van der Waals surface area contributed by atoms with Gasteiger partial charge in [0.05, 0.1) is 12.5 Å². The minimum atomic E-state index is -0.665. The molecule has 0 aliphatic carbocycles. The summed E-state index contributed by atoms with van der Waals surface area (Å²) in [6, 6.07) is 13.9. The Balaban J connectivity index is 1.47. The Labute approximate surface area is 169 Å². The van der Waals surface area contributed by atoms with Crippen LogP contribution in [0.15, 0.2) is 48.5 Å². The van der Waals surface area contributed by atoms with E-state index in [1.54, 1.807) is 18.2 Å². The summed E-state index contributed by atoms with van der Waals surface area (Å²) in [4.78, 5) is 36.0. The Bertz CT molecular complexity index is 880. The van der Waals surface area contributed by atoms with Crippen molar-refractivity contribution in [2.75, 3.05) is 19.8 Å². The van der Waals surface area contributed by atoms with Crippen molar-refractivity contribution < 1.29 is 28.6 Å². The minimum absolute atomic E-state index is 0.00404. The molecule has 0 fully saturated rings. The lowest BCUT2D eigenvalue weighted by Gasteiger charge is -2.18. The van der Waals surface area contributed by atoms with Crippen LogP contribution in [0.5, 0.6) is 11.5 Å². The first-order valence-corrected chi connectivity index (χ1v) is 9.39. The quantitative estimate of drug-likeness (QED) is 0.684. The minimum Gasteiger partial charge on any atom is -0.486 e. The molecule has 0 radical (unpaired) electrons. The van der Waals surface area contributed by atoms with Crippen LogP contribution in [0.1, 0.15) is 18.1 Å². The summed E-state index contributed by atoms with van der Waals surface area (Å²) < 4.78 is 16.0. The van der Waals surface area contributed by atoms with Crippen molar-refractivity contribution in [1.82, 2.24) is 5.32 Å². The fourth-order valence-electron chi connectivity index (χ4n) is 2.94. The zero-order chi connectivity index (χ0) is 20.6. The number of hydrogen-bond acceptors (Lipinski definition) is 6.